The molecule has 4 amide bonds. The number of rotatable bonds is 10. The number of urea groups is 2. The van der Waals surface area contributed by atoms with Gasteiger partial charge in [-0.25, -0.2) is 19.6 Å². The molecule has 0 saturated carbocycles. The average Bonchev–Trinajstić information content (AvgIpc) is 2.91. The molecule has 2 fully saturated rings. The van der Waals surface area contributed by atoms with Gasteiger partial charge >= 0.3 is 12.1 Å². The van der Waals surface area contributed by atoms with Crippen LogP contribution in [0.3, 0.4) is 0 Å². The quantitative estimate of drug-likeness (QED) is 0.220. The summed E-state index contributed by atoms with van der Waals surface area (Å²) in [6.07, 6.45) is 2.61. The van der Waals surface area contributed by atoms with Gasteiger partial charge in [-0.1, -0.05) is 37.0 Å². The van der Waals surface area contributed by atoms with Crippen LogP contribution in [-0.4, -0.2) is 61.7 Å². The van der Waals surface area contributed by atoms with E-state index in [1.54, 1.807) is 36.4 Å². The van der Waals surface area contributed by atoms with E-state index in [0.29, 0.717) is 72.6 Å². The van der Waals surface area contributed by atoms with Gasteiger partial charge in [-0.15, -0.1) is 0 Å². The largest absolute Gasteiger partial charge is 0.491 e. The van der Waals surface area contributed by atoms with Crippen molar-refractivity contribution in [3.05, 3.63) is 58.8 Å². The van der Waals surface area contributed by atoms with E-state index < -0.39 is 12.1 Å². The molecule has 3 heterocycles. The van der Waals surface area contributed by atoms with Crippen molar-refractivity contribution in [3.8, 4) is 11.5 Å². The topological polar surface area (TPSA) is 145 Å². The Balaban J connectivity index is 1.14. The molecule has 2 aromatic carbocycles. The first-order valence-corrected chi connectivity index (χ1v) is 13.8. The van der Waals surface area contributed by atoms with E-state index in [4.69, 9.17) is 42.1 Å². The first-order chi connectivity index (χ1) is 20.1. The summed E-state index contributed by atoms with van der Waals surface area (Å²) in [4.78, 5) is 33.6. The van der Waals surface area contributed by atoms with Crippen LogP contribution in [0.5, 0.6) is 11.5 Å². The molecule has 0 radical (unpaired) electrons. The van der Waals surface area contributed by atoms with Crippen molar-refractivity contribution in [1.82, 2.24) is 9.97 Å². The van der Waals surface area contributed by atoms with E-state index in [1.807, 2.05) is 0 Å². The Labute approximate surface area is 252 Å². The fourth-order valence-corrected chi connectivity index (χ4v) is 4.36. The molecule has 14 heteroatoms. The number of hydrogen-bond donors (Lipinski definition) is 4. The maximum Gasteiger partial charge on any atom is 0.325 e. The maximum atomic E-state index is 12.7. The summed E-state index contributed by atoms with van der Waals surface area (Å²) >= 11 is 12.3. The van der Waals surface area contributed by atoms with Gasteiger partial charge in [0.15, 0.2) is 11.6 Å². The summed E-state index contributed by atoms with van der Waals surface area (Å²) in [5, 5.41) is 11.5. The highest BCUT2D eigenvalue weighted by Gasteiger charge is 2.35. The second-order valence-electron chi connectivity index (χ2n) is 10.9. The van der Waals surface area contributed by atoms with E-state index in [0.717, 1.165) is 0 Å². The van der Waals surface area contributed by atoms with Crippen LogP contribution in [0.4, 0.5) is 32.6 Å². The molecule has 0 unspecified atom stereocenters. The highest BCUT2D eigenvalue weighted by molar-refractivity contribution is 6.31. The van der Waals surface area contributed by atoms with Crippen LogP contribution >= 0.6 is 23.2 Å². The number of aromatic nitrogens is 2. The predicted octanol–water partition coefficient (Wildman–Crippen LogP) is 5.90. The molecule has 0 bridgehead atoms. The highest BCUT2D eigenvalue weighted by atomic mass is 35.5. The third kappa shape index (κ3) is 7.71. The Bertz CT molecular complexity index is 1340. The number of nitrogens with zero attached hydrogens (tertiary/aromatic N) is 2. The van der Waals surface area contributed by atoms with Gasteiger partial charge < -0.3 is 29.6 Å². The third-order valence-electron chi connectivity index (χ3n) is 6.47. The Morgan fingerprint density at radius 2 is 1.14 bits per heavy atom. The van der Waals surface area contributed by atoms with Gasteiger partial charge in [0.1, 0.15) is 11.5 Å². The molecular formula is C28H30Cl2N6O6. The number of benzene rings is 2. The molecule has 0 spiro atoms. The summed E-state index contributed by atoms with van der Waals surface area (Å²) in [6, 6.07) is 8.75. The predicted molar refractivity (Wildman–Crippen MR) is 159 cm³/mol. The molecule has 5 rings (SSSR count). The molecule has 0 atom stereocenters. The van der Waals surface area contributed by atoms with E-state index in [1.165, 1.54) is 12.4 Å². The summed E-state index contributed by atoms with van der Waals surface area (Å²) in [5.74, 6) is 1.25. The fraction of sp³-hybridized carbons (Fsp3) is 0.357. The third-order valence-corrected chi connectivity index (χ3v) is 6.94. The fourth-order valence-electron chi connectivity index (χ4n) is 4.02. The summed E-state index contributed by atoms with van der Waals surface area (Å²) in [6.45, 7) is 7.42. The molecule has 12 nitrogen and oxygen atoms in total. The first kappa shape index (κ1) is 29.6. The van der Waals surface area contributed by atoms with Crippen LogP contribution in [0, 0.1) is 10.8 Å². The lowest BCUT2D eigenvalue weighted by molar-refractivity contribution is -0.120. The molecule has 2 aliphatic rings. The van der Waals surface area contributed by atoms with Crippen molar-refractivity contribution in [2.45, 2.75) is 13.8 Å². The van der Waals surface area contributed by atoms with E-state index >= 15 is 0 Å². The first-order valence-electron chi connectivity index (χ1n) is 13.1. The zero-order valence-corrected chi connectivity index (χ0v) is 24.5. The normalized spacial score (nSPS) is 16.3. The van der Waals surface area contributed by atoms with Gasteiger partial charge in [0.25, 0.3) is 0 Å². The molecule has 42 heavy (non-hydrogen) atoms. The smallest absolute Gasteiger partial charge is 0.325 e. The van der Waals surface area contributed by atoms with Gasteiger partial charge in [-0.05, 0) is 36.4 Å². The Morgan fingerprint density at radius 3 is 1.48 bits per heavy atom. The SMILES string of the molecule is CC1(COc2ccc(Cl)cc2NC(=O)Nc2cnc(NC(=O)Nc3cc(Cl)ccc3OCC3(C)COC3)cn2)COC1. The van der Waals surface area contributed by atoms with Gasteiger partial charge in [0.2, 0.25) is 0 Å². The number of anilines is 4. The minimum atomic E-state index is -0.580. The average molecular weight is 617 g/mol. The summed E-state index contributed by atoms with van der Waals surface area (Å²) in [5.41, 5.74) is 0.642. The number of halogens is 2. The van der Waals surface area contributed by atoms with Crippen molar-refractivity contribution in [1.29, 1.82) is 0 Å². The number of carbonyl (C=O) groups excluding carboxylic acids is 2. The van der Waals surface area contributed by atoms with Crippen molar-refractivity contribution in [2.24, 2.45) is 10.8 Å². The standard InChI is InChI=1S/C28H30Cl2N6O6/c1-27(11-39-12-27)15-41-21-5-3-17(29)7-19(21)33-25(37)35-23-9-32-24(10-31-23)36-26(38)34-20-8-18(30)4-6-22(20)42-16-28(2)13-40-14-28/h3-10H,11-16H2,1-2H3,(H2,31,33,35,37)(H2,32,34,36,38). The molecule has 2 saturated heterocycles. The molecule has 3 aromatic rings. The maximum absolute atomic E-state index is 12.7. The lowest BCUT2D eigenvalue weighted by atomic mass is 9.90. The molecule has 1 aromatic heterocycles. The summed E-state index contributed by atoms with van der Waals surface area (Å²) < 4.78 is 22.4. The Morgan fingerprint density at radius 1 is 0.738 bits per heavy atom. The van der Waals surface area contributed by atoms with Crippen LogP contribution in [0.25, 0.3) is 0 Å². The molecule has 222 valence electrons. The number of nitrogens with one attached hydrogen (secondary N) is 4. The van der Waals surface area contributed by atoms with Gasteiger partial charge in [0.05, 0.1) is 63.4 Å². The monoisotopic (exact) mass is 616 g/mol. The zero-order chi connectivity index (χ0) is 29.7. The van der Waals surface area contributed by atoms with Crippen molar-refractivity contribution < 1.29 is 28.5 Å². The van der Waals surface area contributed by atoms with Crippen molar-refractivity contribution in [2.75, 3.05) is 60.9 Å². The van der Waals surface area contributed by atoms with E-state index in [-0.39, 0.29) is 22.5 Å². The second kappa shape index (κ2) is 12.6. The van der Waals surface area contributed by atoms with Crippen LogP contribution < -0.4 is 30.7 Å². The Hall–Kier alpha value is -3.84. The molecule has 0 aliphatic carbocycles. The minimum Gasteiger partial charge on any atom is -0.491 e. The lowest BCUT2D eigenvalue weighted by Crippen LogP contribution is -2.44. The molecule has 2 aliphatic heterocycles. The van der Waals surface area contributed by atoms with Crippen molar-refractivity contribution >= 4 is 58.3 Å². The van der Waals surface area contributed by atoms with Crippen LogP contribution in [0.15, 0.2) is 48.8 Å². The minimum absolute atomic E-state index is 0.0739. The number of ether oxygens (including phenoxy) is 4. The van der Waals surface area contributed by atoms with Gasteiger partial charge in [-0.2, -0.15) is 0 Å². The second-order valence-corrected chi connectivity index (χ2v) is 11.8. The zero-order valence-electron chi connectivity index (χ0n) is 23.0. The number of amides is 4. The lowest BCUT2D eigenvalue weighted by Gasteiger charge is -2.37. The highest BCUT2D eigenvalue weighted by Crippen LogP contribution is 2.34. The van der Waals surface area contributed by atoms with Gasteiger partial charge in [0, 0.05) is 20.9 Å². The summed E-state index contributed by atoms with van der Waals surface area (Å²) in [7, 11) is 0. The van der Waals surface area contributed by atoms with E-state index in [2.05, 4.69) is 45.1 Å². The van der Waals surface area contributed by atoms with Crippen LogP contribution in [0.1, 0.15) is 13.8 Å². The molecular weight excluding hydrogens is 587 g/mol. The number of hydrogen-bond acceptors (Lipinski definition) is 8. The van der Waals surface area contributed by atoms with E-state index in [9.17, 15) is 9.59 Å². The van der Waals surface area contributed by atoms with Gasteiger partial charge in [-0.3, -0.25) is 10.6 Å². The van der Waals surface area contributed by atoms with Crippen LogP contribution in [0.2, 0.25) is 10.0 Å². The van der Waals surface area contributed by atoms with Crippen molar-refractivity contribution in [3.63, 3.8) is 0 Å². The Kier molecular flexibility index (Phi) is 8.88. The number of carbonyl (C=O) groups is 2. The van der Waals surface area contributed by atoms with Crippen LogP contribution in [-0.2, 0) is 9.47 Å². The molecule has 4 N–H and O–H groups in total.